The van der Waals surface area contributed by atoms with Crippen molar-refractivity contribution in [1.82, 2.24) is 14.5 Å². The third kappa shape index (κ3) is 3.42. The molecule has 8 aromatic rings. The third-order valence-electron chi connectivity index (χ3n) is 10.2. The van der Waals surface area contributed by atoms with Crippen molar-refractivity contribution in [2.45, 2.75) is 19.3 Å². The average Bonchev–Trinajstić information content (AvgIpc) is 3.60. The van der Waals surface area contributed by atoms with Crippen LogP contribution < -0.4 is 4.90 Å². The Morgan fingerprint density at radius 2 is 1.13 bits per heavy atom. The molecule has 0 bridgehead atoms. The molecule has 4 heteroatoms. The number of pyridine rings is 2. The fraction of sp³-hybridized carbons (Fsp3) is 0.0698. The second-order valence-corrected chi connectivity index (χ2v) is 12.8. The van der Waals surface area contributed by atoms with Crippen molar-refractivity contribution in [3.05, 3.63) is 179 Å². The second kappa shape index (κ2) is 9.51. The molecule has 0 unspecified atom stereocenters. The molecule has 5 aromatic carbocycles. The van der Waals surface area contributed by atoms with E-state index < -0.39 is 5.41 Å². The molecule has 4 heterocycles. The summed E-state index contributed by atoms with van der Waals surface area (Å²) in [5.41, 5.74) is 17.4. The number of fused-ring (bicyclic) bond motifs is 12. The van der Waals surface area contributed by atoms with Crippen LogP contribution in [0, 0.1) is 13.8 Å². The number of benzene rings is 5. The number of hydrogen-bond acceptors (Lipinski definition) is 3. The van der Waals surface area contributed by atoms with E-state index in [1.54, 1.807) is 0 Å². The summed E-state index contributed by atoms with van der Waals surface area (Å²) in [6.07, 6.45) is 5.83. The Balaban J connectivity index is 1.28. The molecule has 0 saturated heterocycles. The lowest BCUT2D eigenvalue weighted by Gasteiger charge is -2.45. The summed E-state index contributed by atoms with van der Waals surface area (Å²) in [6, 6.07) is 46.8. The maximum Gasteiger partial charge on any atom is 0.0963 e. The summed E-state index contributed by atoms with van der Waals surface area (Å²) in [5.74, 6) is 0. The van der Waals surface area contributed by atoms with E-state index in [4.69, 9.17) is 9.97 Å². The molecule has 0 saturated carbocycles. The fourth-order valence-corrected chi connectivity index (χ4v) is 8.38. The van der Waals surface area contributed by atoms with Crippen LogP contribution >= 0.6 is 0 Å². The molecular weight excluding hydrogens is 573 g/mol. The van der Waals surface area contributed by atoms with E-state index >= 15 is 0 Å². The highest BCUT2D eigenvalue weighted by Gasteiger charge is 2.51. The molecule has 2 aliphatic rings. The van der Waals surface area contributed by atoms with Gasteiger partial charge in [0, 0.05) is 11.6 Å². The number of aromatic nitrogens is 3. The number of anilines is 3. The van der Waals surface area contributed by atoms with E-state index in [0.717, 1.165) is 33.3 Å². The van der Waals surface area contributed by atoms with Crippen LogP contribution in [0.25, 0.3) is 38.8 Å². The van der Waals surface area contributed by atoms with E-state index in [9.17, 15) is 0 Å². The molecule has 0 N–H and O–H groups in total. The van der Waals surface area contributed by atoms with Crippen molar-refractivity contribution in [3.8, 4) is 16.8 Å². The number of rotatable bonds is 2. The first-order valence-electron chi connectivity index (χ1n) is 16.2. The molecule has 0 atom stereocenters. The topological polar surface area (TPSA) is 34.0 Å². The van der Waals surface area contributed by atoms with E-state index in [2.05, 4.69) is 145 Å². The highest BCUT2D eigenvalue weighted by Crippen LogP contribution is 2.63. The van der Waals surface area contributed by atoms with Crippen LogP contribution in [0.5, 0.6) is 0 Å². The van der Waals surface area contributed by atoms with Crippen molar-refractivity contribution < 1.29 is 0 Å². The molecule has 3 aromatic heterocycles. The summed E-state index contributed by atoms with van der Waals surface area (Å²) in [5, 5.41) is 1.13. The van der Waals surface area contributed by atoms with Crippen molar-refractivity contribution in [3.63, 3.8) is 0 Å². The van der Waals surface area contributed by atoms with Crippen molar-refractivity contribution in [2.75, 3.05) is 4.90 Å². The Morgan fingerprint density at radius 1 is 0.532 bits per heavy atom. The van der Waals surface area contributed by atoms with Crippen LogP contribution in [0.2, 0.25) is 0 Å². The lowest BCUT2D eigenvalue weighted by Crippen LogP contribution is -2.36. The largest absolute Gasteiger partial charge is 0.308 e. The van der Waals surface area contributed by atoms with Crippen molar-refractivity contribution in [1.29, 1.82) is 0 Å². The summed E-state index contributed by atoms with van der Waals surface area (Å²) in [7, 11) is 0. The third-order valence-corrected chi connectivity index (χ3v) is 10.2. The first-order chi connectivity index (χ1) is 23.1. The molecule has 222 valence electrons. The summed E-state index contributed by atoms with van der Waals surface area (Å²) < 4.78 is 2.29. The van der Waals surface area contributed by atoms with Crippen molar-refractivity contribution in [2.24, 2.45) is 0 Å². The van der Waals surface area contributed by atoms with Gasteiger partial charge in [-0.25, -0.2) is 0 Å². The van der Waals surface area contributed by atoms with E-state index in [1.165, 1.54) is 55.9 Å². The lowest BCUT2D eigenvalue weighted by atomic mass is 9.64. The van der Waals surface area contributed by atoms with Crippen LogP contribution in [0.15, 0.2) is 146 Å². The Bertz CT molecular complexity index is 2420. The van der Waals surface area contributed by atoms with Gasteiger partial charge in [0.25, 0.3) is 0 Å². The van der Waals surface area contributed by atoms with Crippen LogP contribution in [0.4, 0.5) is 17.1 Å². The minimum atomic E-state index is -0.448. The summed E-state index contributed by atoms with van der Waals surface area (Å²) in [4.78, 5) is 12.1. The van der Waals surface area contributed by atoms with Gasteiger partial charge in [-0.3, -0.25) is 9.97 Å². The Morgan fingerprint density at radius 3 is 1.83 bits per heavy atom. The first kappa shape index (κ1) is 26.2. The maximum atomic E-state index is 4.89. The van der Waals surface area contributed by atoms with Gasteiger partial charge in [-0.2, -0.15) is 0 Å². The monoisotopic (exact) mass is 602 g/mol. The predicted octanol–water partition coefficient (Wildman–Crippen LogP) is 10.3. The maximum absolute atomic E-state index is 4.89. The lowest BCUT2D eigenvalue weighted by molar-refractivity contribution is 0.750. The average molecular weight is 603 g/mol. The Hall–Kier alpha value is -6.00. The van der Waals surface area contributed by atoms with Gasteiger partial charge in [-0.15, -0.1) is 0 Å². The standard InChI is InChI=1S/C43H30N4/c1-27-17-19-39-36(22-27)43(34-13-6-3-10-31(34)32-11-4-7-14-35(32)43)37-23-28(2)18-20-40(37)47(39)30-24-29(25-44-26-30)46-38-15-8-5-12-33(38)42-41(46)16-9-21-45-42/h3-26H,1-2H3. The van der Waals surface area contributed by atoms with Crippen LogP contribution in [0.3, 0.4) is 0 Å². The minimum absolute atomic E-state index is 0.448. The zero-order valence-corrected chi connectivity index (χ0v) is 26.1. The van der Waals surface area contributed by atoms with Crippen LogP contribution in [0.1, 0.15) is 33.4 Å². The number of para-hydroxylation sites is 1. The fourth-order valence-electron chi connectivity index (χ4n) is 8.38. The van der Waals surface area contributed by atoms with Gasteiger partial charge in [0.2, 0.25) is 0 Å². The van der Waals surface area contributed by atoms with Gasteiger partial charge >= 0.3 is 0 Å². The van der Waals surface area contributed by atoms with Crippen LogP contribution in [-0.4, -0.2) is 14.5 Å². The minimum Gasteiger partial charge on any atom is -0.308 e. The number of nitrogens with zero attached hydrogens (tertiary/aromatic N) is 4. The molecular formula is C43H30N4. The number of hydrogen-bond donors (Lipinski definition) is 0. The van der Waals surface area contributed by atoms with Crippen molar-refractivity contribution >= 4 is 39.0 Å². The molecule has 0 amide bonds. The molecule has 0 radical (unpaired) electrons. The van der Waals surface area contributed by atoms with Gasteiger partial charge in [0.1, 0.15) is 0 Å². The smallest absolute Gasteiger partial charge is 0.0963 e. The molecule has 0 fully saturated rings. The van der Waals surface area contributed by atoms with Gasteiger partial charge in [0.15, 0.2) is 0 Å². The van der Waals surface area contributed by atoms with Gasteiger partial charge in [-0.1, -0.05) is 102 Å². The quantitative estimate of drug-likeness (QED) is 0.197. The molecule has 4 nitrogen and oxygen atoms in total. The molecule has 47 heavy (non-hydrogen) atoms. The van der Waals surface area contributed by atoms with Crippen LogP contribution in [-0.2, 0) is 5.41 Å². The normalized spacial score (nSPS) is 13.9. The highest BCUT2D eigenvalue weighted by molar-refractivity contribution is 6.07. The summed E-state index contributed by atoms with van der Waals surface area (Å²) >= 11 is 0. The Kier molecular flexibility index (Phi) is 5.31. The molecule has 10 rings (SSSR count). The van der Waals surface area contributed by atoms with E-state index in [-0.39, 0.29) is 0 Å². The molecule has 1 spiro atoms. The van der Waals surface area contributed by atoms with E-state index in [0.29, 0.717) is 0 Å². The summed E-state index contributed by atoms with van der Waals surface area (Å²) in [6.45, 7) is 4.41. The SMILES string of the molecule is Cc1ccc2c(c1)C1(c3ccccc3-c3ccccc31)c1cc(C)ccc1N2c1cncc(-n2c3ccccc3c3ncccc32)c1. The van der Waals surface area contributed by atoms with Gasteiger partial charge in [-0.05, 0) is 83.6 Å². The molecule has 1 aliphatic heterocycles. The van der Waals surface area contributed by atoms with Gasteiger partial charge in [0.05, 0.1) is 57.1 Å². The second-order valence-electron chi connectivity index (χ2n) is 12.8. The zero-order valence-electron chi connectivity index (χ0n) is 26.1. The first-order valence-corrected chi connectivity index (χ1v) is 16.2. The molecule has 1 aliphatic carbocycles. The zero-order chi connectivity index (χ0) is 31.3. The number of aryl methyl sites for hydroxylation is 2. The van der Waals surface area contributed by atoms with E-state index in [1.807, 2.05) is 24.7 Å². The van der Waals surface area contributed by atoms with Gasteiger partial charge < -0.3 is 9.47 Å². The predicted molar refractivity (Wildman–Crippen MR) is 191 cm³/mol. The highest BCUT2D eigenvalue weighted by atomic mass is 15.2. The Labute approximate surface area is 273 Å².